The molecule has 0 unspecified atom stereocenters. The Bertz CT molecular complexity index is 753. The minimum Gasteiger partial charge on any atom is -0.493 e. The first kappa shape index (κ1) is 19.8. The molecule has 140 valence electrons. The van der Waals surface area contributed by atoms with Crippen molar-refractivity contribution in [3.63, 3.8) is 0 Å². The number of rotatable bonds is 7. The van der Waals surface area contributed by atoms with Crippen molar-refractivity contribution in [3.05, 3.63) is 59.2 Å². The Hall–Kier alpha value is -2.49. The molecule has 0 saturated heterocycles. The zero-order valence-corrected chi connectivity index (χ0v) is 16.6. The van der Waals surface area contributed by atoms with Gasteiger partial charge in [-0.15, -0.1) is 0 Å². The van der Waals surface area contributed by atoms with Crippen molar-refractivity contribution in [1.29, 1.82) is 0 Å². The molecular formula is C22H29NO3. The van der Waals surface area contributed by atoms with Crippen molar-refractivity contribution >= 4 is 5.91 Å². The average molecular weight is 355 g/mol. The molecule has 2 aromatic carbocycles. The summed E-state index contributed by atoms with van der Waals surface area (Å²) in [6, 6.07) is 13.6. The standard InChI is InChI=1S/C22H29NO3/c1-15(2)17-8-7-9-19(12-17)22(24)23(5)14-26-20-11-10-18(16(3)4)13-21(20)25-6/h7-13,15-16H,14H2,1-6H3. The van der Waals surface area contributed by atoms with Crippen LogP contribution < -0.4 is 9.47 Å². The summed E-state index contributed by atoms with van der Waals surface area (Å²) in [4.78, 5) is 14.2. The van der Waals surface area contributed by atoms with Crippen LogP contribution in [0.15, 0.2) is 42.5 Å². The molecule has 0 spiro atoms. The Labute approximate surface area is 156 Å². The summed E-state index contributed by atoms with van der Waals surface area (Å²) in [5, 5.41) is 0. The highest BCUT2D eigenvalue weighted by molar-refractivity contribution is 5.94. The largest absolute Gasteiger partial charge is 0.493 e. The molecular weight excluding hydrogens is 326 g/mol. The third-order valence-corrected chi connectivity index (χ3v) is 4.41. The van der Waals surface area contributed by atoms with Gasteiger partial charge in [0.15, 0.2) is 18.2 Å². The van der Waals surface area contributed by atoms with Crippen LogP contribution in [-0.2, 0) is 0 Å². The van der Waals surface area contributed by atoms with E-state index >= 15 is 0 Å². The summed E-state index contributed by atoms with van der Waals surface area (Å²) < 4.78 is 11.3. The average Bonchev–Trinajstić information content (AvgIpc) is 2.65. The number of hydrogen-bond acceptors (Lipinski definition) is 3. The molecule has 0 bridgehead atoms. The first-order valence-corrected chi connectivity index (χ1v) is 8.99. The van der Waals surface area contributed by atoms with Crippen LogP contribution in [0.1, 0.15) is 61.0 Å². The van der Waals surface area contributed by atoms with Gasteiger partial charge in [-0.3, -0.25) is 4.79 Å². The molecule has 0 radical (unpaired) electrons. The number of hydrogen-bond donors (Lipinski definition) is 0. The Balaban J connectivity index is 2.07. The minimum absolute atomic E-state index is 0.0646. The van der Waals surface area contributed by atoms with Gasteiger partial charge < -0.3 is 14.4 Å². The van der Waals surface area contributed by atoms with Gasteiger partial charge in [0.2, 0.25) is 0 Å². The molecule has 2 rings (SSSR count). The van der Waals surface area contributed by atoms with Gasteiger partial charge in [0.1, 0.15) is 0 Å². The summed E-state index contributed by atoms with van der Waals surface area (Å²) in [6.45, 7) is 8.65. The van der Waals surface area contributed by atoms with Crippen molar-refractivity contribution in [2.75, 3.05) is 20.9 Å². The molecule has 0 heterocycles. The normalized spacial score (nSPS) is 10.9. The van der Waals surface area contributed by atoms with Gasteiger partial charge >= 0.3 is 0 Å². The molecule has 0 saturated carbocycles. The molecule has 0 aliphatic rings. The quantitative estimate of drug-likeness (QED) is 0.652. The van der Waals surface area contributed by atoms with Gasteiger partial charge in [-0.1, -0.05) is 45.9 Å². The monoisotopic (exact) mass is 355 g/mol. The fourth-order valence-electron chi connectivity index (χ4n) is 2.64. The van der Waals surface area contributed by atoms with Gasteiger partial charge in [-0.2, -0.15) is 0 Å². The molecule has 26 heavy (non-hydrogen) atoms. The topological polar surface area (TPSA) is 38.8 Å². The van der Waals surface area contributed by atoms with E-state index in [4.69, 9.17) is 9.47 Å². The smallest absolute Gasteiger partial charge is 0.256 e. The van der Waals surface area contributed by atoms with E-state index in [1.54, 1.807) is 19.1 Å². The van der Waals surface area contributed by atoms with Crippen molar-refractivity contribution in [2.45, 2.75) is 39.5 Å². The maximum Gasteiger partial charge on any atom is 0.256 e. The van der Waals surface area contributed by atoms with Crippen molar-refractivity contribution in [2.24, 2.45) is 0 Å². The highest BCUT2D eigenvalue weighted by atomic mass is 16.5. The van der Waals surface area contributed by atoms with Crippen LogP contribution >= 0.6 is 0 Å². The Morgan fingerprint density at radius 1 is 0.962 bits per heavy atom. The Kier molecular flexibility index (Phi) is 6.67. The van der Waals surface area contributed by atoms with Crippen LogP contribution in [0, 0.1) is 0 Å². The number of benzene rings is 2. The molecule has 4 heteroatoms. The maximum absolute atomic E-state index is 12.7. The number of carbonyl (C=O) groups is 1. The number of ether oxygens (including phenoxy) is 2. The van der Waals surface area contributed by atoms with Gasteiger partial charge in [0.05, 0.1) is 7.11 Å². The zero-order chi connectivity index (χ0) is 19.3. The van der Waals surface area contributed by atoms with E-state index in [9.17, 15) is 4.79 Å². The summed E-state index contributed by atoms with van der Waals surface area (Å²) in [5.41, 5.74) is 3.00. The second-order valence-electron chi connectivity index (χ2n) is 7.12. The number of carbonyl (C=O) groups excluding carboxylic acids is 1. The van der Waals surface area contributed by atoms with E-state index < -0.39 is 0 Å². The van der Waals surface area contributed by atoms with Crippen LogP contribution in [0.3, 0.4) is 0 Å². The van der Waals surface area contributed by atoms with E-state index in [0.717, 1.165) is 5.56 Å². The first-order chi connectivity index (χ1) is 12.3. The fourth-order valence-corrected chi connectivity index (χ4v) is 2.64. The van der Waals surface area contributed by atoms with Crippen molar-refractivity contribution in [3.8, 4) is 11.5 Å². The third kappa shape index (κ3) is 4.78. The highest BCUT2D eigenvalue weighted by Crippen LogP contribution is 2.30. The van der Waals surface area contributed by atoms with Crippen LogP contribution in [0.4, 0.5) is 0 Å². The second kappa shape index (κ2) is 8.75. The lowest BCUT2D eigenvalue weighted by Crippen LogP contribution is -2.30. The summed E-state index contributed by atoms with van der Waals surface area (Å²) in [7, 11) is 3.36. The zero-order valence-electron chi connectivity index (χ0n) is 16.6. The number of methoxy groups -OCH3 is 1. The van der Waals surface area contributed by atoms with Crippen LogP contribution in [0.2, 0.25) is 0 Å². The molecule has 0 N–H and O–H groups in total. The number of amides is 1. The second-order valence-corrected chi connectivity index (χ2v) is 7.12. The van der Waals surface area contributed by atoms with E-state index in [1.807, 2.05) is 42.5 Å². The lowest BCUT2D eigenvalue weighted by atomic mass is 10.0. The molecule has 0 aliphatic heterocycles. The molecule has 0 aromatic heterocycles. The Morgan fingerprint density at radius 3 is 2.23 bits per heavy atom. The summed E-state index contributed by atoms with van der Waals surface area (Å²) in [6.07, 6.45) is 0. The molecule has 0 atom stereocenters. The molecule has 1 amide bonds. The highest BCUT2D eigenvalue weighted by Gasteiger charge is 2.15. The van der Waals surface area contributed by atoms with E-state index in [1.165, 1.54) is 5.56 Å². The molecule has 0 aliphatic carbocycles. The first-order valence-electron chi connectivity index (χ1n) is 8.99. The lowest BCUT2D eigenvalue weighted by molar-refractivity contribution is 0.0661. The van der Waals surface area contributed by atoms with Crippen LogP contribution in [0.25, 0.3) is 0 Å². The van der Waals surface area contributed by atoms with Crippen molar-refractivity contribution < 1.29 is 14.3 Å². The van der Waals surface area contributed by atoms with Gasteiger partial charge in [-0.05, 0) is 47.2 Å². The van der Waals surface area contributed by atoms with Crippen molar-refractivity contribution in [1.82, 2.24) is 4.90 Å². The van der Waals surface area contributed by atoms with Gasteiger partial charge in [0.25, 0.3) is 5.91 Å². The minimum atomic E-state index is -0.0646. The van der Waals surface area contributed by atoms with Crippen LogP contribution in [-0.4, -0.2) is 31.7 Å². The molecule has 0 fully saturated rings. The lowest BCUT2D eigenvalue weighted by Gasteiger charge is -2.20. The maximum atomic E-state index is 12.7. The summed E-state index contributed by atoms with van der Waals surface area (Å²) in [5.74, 6) is 2.04. The van der Waals surface area contributed by atoms with E-state index in [2.05, 4.69) is 27.7 Å². The third-order valence-electron chi connectivity index (χ3n) is 4.41. The predicted octanol–water partition coefficient (Wildman–Crippen LogP) is 5.05. The van der Waals surface area contributed by atoms with E-state index in [-0.39, 0.29) is 12.6 Å². The predicted molar refractivity (Wildman–Crippen MR) is 105 cm³/mol. The van der Waals surface area contributed by atoms with E-state index in [0.29, 0.717) is 28.9 Å². The summed E-state index contributed by atoms with van der Waals surface area (Å²) >= 11 is 0. The van der Waals surface area contributed by atoms with Gasteiger partial charge in [0, 0.05) is 12.6 Å². The molecule has 4 nitrogen and oxygen atoms in total. The van der Waals surface area contributed by atoms with Crippen LogP contribution in [0.5, 0.6) is 11.5 Å². The SMILES string of the molecule is COc1cc(C(C)C)ccc1OCN(C)C(=O)c1cccc(C(C)C)c1. The van der Waals surface area contributed by atoms with Gasteiger partial charge in [-0.25, -0.2) is 0 Å². The fraction of sp³-hybridized carbons (Fsp3) is 0.409. The Morgan fingerprint density at radius 2 is 1.62 bits per heavy atom. The number of nitrogens with zero attached hydrogens (tertiary/aromatic N) is 1. The molecule has 2 aromatic rings.